The molecule has 0 unspecified atom stereocenters. The lowest BCUT2D eigenvalue weighted by Crippen LogP contribution is -2.39. The zero-order valence-electron chi connectivity index (χ0n) is 16.4. The molecule has 0 saturated heterocycles. The highest BCUT2D eigenvalue weighted by atomic mass is 32.1. The van der Waals surface area contributed by atoms with Crippen LogP contribution in [-0.2, 0) is 0 Å². The summed E-state index contributed by atoms with van der Waals surface area (Å²) < 4.78 is 0. The van der Waals surface area contributed by atoms with Gasteiger partial charge in [-0.1, -0.05) is 31.4 Å². The van der Waals surface area contributed by atoms with Crippen molar-refractivity contribution in [2.75, 3.05) is 5.32 Å². The Bertz CT molecular complexity index is 1150. The summed E-state index contributed by atoms with van der Waals surface area (Å²) in [6, 6.07) is 14.0. The van der Waals surface area contributed by atoms with Crippen LogP contribution in [0.3, 0.4) is 0 Å². The van der Waals surface area contributed by atoms with Crippen LogP contribution in [0.1, 0.15) is 32.1 Å². The average Bonchev–Trinajstić information content (AvgIpc) is 3.48. The fourth-order valence-corrected chi connectivity index (χ4v) is 5.33. The van der Waals surface area contributed by atoms with Crippen molar-refractivity contribution < 1.29 is 4.79 Å². The Hall–Kier alpha value is -2.77. The van der Waals surface area contributed by atoms with E-state index in [-0.39, 0.29) is 12.1 Å². The van der Waals surface area contributed by atoms with Gasteiger partial charge in [-0.15, -0.1) is 22.7 Å². The first-order valence-corrected chi connectivity index (χ1v) is 12.0. The first-order valence-electron chi connectivity index (χ1n) is 10.2. The molecule has 3 aromatic heterocycles. The van der Waals surface area contributed by atoms with E-state index in [4.69, 9.17) is 9.97 Å². The summed E-state index contributed by atoms with van der Waals surface area (Å²) in [5, 5.41) is 10.2. The van der Waals surface area contributed by atoms with Gasteiger partial charge in [0, 0.05) is 11.7 Å². The first-order chi connectivity index (χ1) is 14.8. The Morgan fingerprint density at radius 1 is 0.867 bits per heavy atom. The number of anilines is 1. The van der Waals surface area contributed by atoms with Crippen molar-refractivity contribution in [3.63, 3.8) is 0 Å². The predicted octanol–water partition coefficient (Wildman–Crippen LogP) is 6.54. The fourth-order valence-electron chi connectivity index (χ4n) is 3.90. The minimum absolute atomic E-state index is 0.150. The molecule has 152 valence electrons. The predicted molar refractivity (Wildman–Crippen MR) is 125 cm³/mol. The van der Waals surface area contributed by atoms with Crippen LogP contribution >= 0.6 is 22.7 Å². The van der Waals surface area contributed by atoms with Crippen LogP contribution < -0.4 is 10.6 Å². The van der Waals surface area contributed by atoms with Gasteiger partial charge in [0.1, 0.15) is 11.4 Å². The largest absolute Gasteiger partial charge is 0.335 e. The highest BCUT2D eigenvalue weighted by molar-refractivity contribution is 7.14. The second-order valence-electron chi connectivity index (χ2n) is 7.51. The third-order valence-electron chi connectivity index (χ3n) is 5.37. The Morgan fingerprint density at radius 2 is 1.53 bits per heavy atom. The Kier molecular flexibility index (Phi) is 5.46. The molecule has 0 radical (unpaired) electrons. The van der Waals surface area contributed by atoms with Gasteiger partial charge >= 0.3 is 6.03 Å². The maximum atomic E-state index is 12.4. The van der Waals surface area contributed by atoms with Crippen molar-refractivity contribution in [3.05, 3.63) is 53.2 Å². The summed E-state index contributed by atoms with van der Waals surface area (Å²) in [7, 11) is 0. The molecule has 0 bridgehead atoms. The van der Waals surface area contributed by atoms with E-state index in [0.717, 1.165) is 50.7 Å². The van der Waals surface area contributed by atoms with Crippen LogP contribution in [0.4, 0.5) is 10.5 Å². The molecule has 2 N–H and O–H groups in total. The van der Waals surface area contributed by atoms with Gasteiger partial charge in [0.15, 0.2) is 0 Å². The second-order valence-corrected chi connectivity index (χ2v) is 9.41. The van der Waals surface area contributed by atoms with E-state index >= 15 is 0 Å². The highest BCUT2D eigenvalue weighted by Gasteiger charge is 2.17. The van der Waals surface area contributed by atoms with Crippen LogP contribution in [0.25, 0.3) is 32.2 Å². The first kappa shape index (κ1) is 19.2. The van der Waals surface area contributed by atoms with Crippen LogP contribution in [0, 0.1) is 0 Å². The molecule has 0 aliphatic heterocycles. The van der Waals surface area contributed by atoms with Crippen LogP contribution in [0.15, 0.2) is 53.2 Å². The minimum atomic E-state index is -0.150. The molecular formula is C23H22N4OS2. The maximum Gasteiger partial charge on any atom is 0.319 e. The molecule has 1 saturated carbocycles. The van der Waals surface area contributed by atoms with Gasteiger partial charge in [0.25, 0.3) is 0 Å². The molecule has 0 spiro atoms. The Morgan fingerprint density at radius 3 is 2.17 bits per heavy atom. The molecule has 5 nitrogen and oxygen atoms in total. The van der Waals surface area contributed by atoms with E-state index in [2.05, 4.69) is 28.1 Å². The molecule has 7 heteroatoms. The number of carbonyl (C=O) groups excluding carboxylic acids is 1. The minimum Gasteiger partial charge on any atom is -0.335 e. The van der Waals surface area contributed by atoms with Crippen molar-refractivity contribution in [2.24, 2.45) is 0 Å². The normalized spacial score (nSPS) is 14.7. The number of aromatic nitrogens is 2. The number of rotatable bonds is 4. The number of thiophene rings is 2. The zero-order valence-corrected chi connectivity index (χ0v) is 18.1. The molecule has 4 aromatic rings. The van der Waals surface area contributed by atoms with Gasteiger partial charge in [-0.2, -0.15) is 0 Å². The molecule has 3 heterocycles. The molecule has 1 aromatic carbocycles. The molecule has 5 rings (SSSR count). The van der Waals surface area contributed by atoms with Gasteiger partial charge in [-0.25, -0.2) is 14.8 Å². The van der Waals surface area contributed by atoms with E-state index in [9.17, 15) is 4.79 Å². The lowest BCUT2D eigenvalue weighted by atomic mass is 9.96. The molecule has 2 amide bonds. The van der Waals surface area contributed by atoms with Gasteiger partial charge < -0.3 is 10.6 Å². The molecule has 1 aliphatic rings. The van der Waals surface area contributed by atoms with Gasteiger partial charge in [0.05, 0.1) is 20.8 Å². The summed E-state index contributed by atoms with van der Waals surface area (Å²) in [6.07, 6.45) is 5.77. The second kappa shape index (κ2) is 8.53. The highest BCUT2D eigenvalue weighted by Crippen LogP contribution is 2.35. The standard InChI is InChI=1S/C23H22N4OS2/c28-23(24-15-6-2-1-3-7-15)25-16-10-11-17-18(14-16)27-22(20-9-5-13-30-20)21(26-17)19-8-4-12-29-19/h4-5,8-15H,1-3,6-7H2,(H2,24,25,28). The van der Waals surface area contributed by atoms with Crippen molar-refractivity contribution in [3.8, 4) is 21.1 Å². The van der Waals surface area contributed by atoms with Crippen molar-refractivity contribution in [1.82, 2.24) is 15.3 Å². The van der Waals surface area contributed by atoms with Crippen molar-refractivity contribution in [2.45, 2.75) is 38.1 Å². The quantitative estimate of drug-likeness (QED) is 0.383. The third kappa shape index (κ3) is 4.08. The maximum absolute atomic E-state index is 12.4. The van der Waals surface area contributed by atoms with Gasteiger partial charge in [-0.3, -0.25) is 0 Å². The molecular weight excluding hydrogens is 412 g/mol. The summed E-state index contributed by atoms with van der Waals surface area (Å²) in [5.41, 5.74) is 4.09. The fraction of sp³-hybridized carbons (Fsp3) is 0.261. The third-order valence-corrected chi connectivity index (χ3v) is 7.12. The van der Waals surface area contributed by atoms with Crippen LogP contribution in [0.2, 0.25) is 0 Å². The summed E-state index contributed by atoms with van der Waals surface area (Å²) in [6.45, 7) is 0. The number of hydrogen-bond acceptors (Lipinski definition) is 5. The van der Waals surface area contributed by atoms with Crippen LogP contribution in [0.5, 0.6) is 0 Å². The lowest BCUT2D eigenvalue weighted by molar-refractivity contribution is 0.244. The molecule has 1 aliphatic carbocycles. The van der Waals surface area contributed by atoms with E-state index in [1.165, 1.54) is 19.3 Å². The molecule has 0 atom stereocenters. The number of nitrogens with one attached hydrogen (secondary N) is 2. The average molecular weight is 435 g/mol. The van der Waals surface area contributed by atoms with E-state index in [0.29, 0.717) is 0 Å². The van der Waals surface area contributed by atoms with E-state index in [1.54, 1.807) is 22.7 Å². The van der Waals surface area contributed by atoms with Crippen molar-refractivity contribution in [1.29, 1.82) is 0 Å². The number of carbonyl (C=O) groups is 1. The Labute approximate surface area is 183 Å². The SMILES string of the molecule is O=C(Nc1ccc2nc(-c3cccs3)c(-c3cccs3)nc2c1)NC1CCCCC1. The van der Waals surface area contributed by atoms with Gasteiger partial charge in [-0.05, 0) is 53.9 Å². The molecule has 1 fully saturated rings. The Balaban J connectivity index is 1.45. The number of hydrogen-bond donors (Lipinski definition) is 2. The number of benzene rings is 1. The number of urea groups is 1. The smallest absolute Gasteiger partial charge is 0.319 e. The number of fused-ring (bicyclic) bond motifs is 1. The van der Waals surface area contributed by atoms with E-state index in [1.807, 2.05) is 35.7 Å². The lowest BCUT2D eigenvalue weighted by Gasteiger charge is -2.22. The number of amides is 2. The molecule has 30 heavy (non-hydrogen) atoms. The zero-order chi connectivity index (χ0) is 20.3. The number of nitrogens with zero attached hydrogens (tertiary/aromatic N) is 2. The summed E-state index contributed by atoms with van der Waals surface area (Å²) >= 11 is 3.31. The van der Waals surface area contributed by atoms with Gasteiger partial charge in [0.2, 0.25) is 0 Å². The summed E-state index contributed by atoms with van der Waals surface area (Å²) in [4.78, 5) is 24.5. The summed E-state index contributed by atoms with van der Waals surface area (Å²) in [5.74, 6) is 0. The van der Waals surface area contributed by atoms with Crippen molar-refractivity contribution >= 4 is 45.4 Å². The van der Waals surface area contributed by atoms with Crippen LogP contribution in [-0.4, -0.2) is 22.0 Å². The van der Waals surface area contributed by atoms with E-state index < -0.39 is 0 Å². The topological polar surface area (TPSA) is 66.9 Å². The monoisotopic (exact) mass is 434 g/mol.